The summed E-state index contributed by atoms with van der Waals surface area (Å²) in [5, 5.41) is 0. The van der Waals surface area contributed by atoms with Gasteiger partial charge in [0.25, 0.3) is 5.56 Å². The summed E-state index contributed by atoms with van der Waals surface area (Å²) in [6, 6.07) is 10.7. The molecule has 2 aromatic carbocycles. The van der Waals surface area contributed by atoms with E-state index in [-0.39, 0.29) is 33.5 Å². The van der Waals surface area contributed by atoms with Crippen LogP contribution < -0.4 is 10.3 Å². The van der Waals surface area contributed by atoms with Crippen LogP contribution in [0.3, 0.4) is 0 Å². The van der Waals surface area contributed by atoms with Gasteiger partial charge in [-0.05, 0) is 59.6 Å². The molecule has 6 nitrogen and oxygen atoms in total. The van der Waals surface area contributed by atoms with Gasteiger partial charge >= 0.3 is 0 Å². The Labute approximate surface area is 216 Å². The van der Waals surface area contributed by atoms with E-state index in [1.165, 1.54) is 10.6 Å². The van der Waals surface area contributed by atoms with Gasteiger partial charge in [-0.1, -0.05) is 32.9 Å². The average molecular weight is 555 g/mol. The Morgan fingerprint density at radius 3 is 2.50 bits per heavy atom. The molecule has 9 heteroatoms. The van der Waals surface area contributed by atoms with Gasteiger partial charge in [0.1, 0.15) is 34.4 Å². The van der Waals surface area contributed by atoms with Crippen LogP contribution in [0.2, 0.25) is 0 Å². The number of aryl methyl sites for hydroxylation is 2. The normalized spacial score (nSPS) is 11.6. The first-order valence-electron chi connectivity index (χ1n) is 11.3. The Morgan fingerprint density at radius 2 is 1.81 bits per heavy atom. The van der Waals surface area contributed by atoms with Gasteiger partial charge in [-0.3, -0.25) is 9.36 Å². The molecule has 0 fully saturated rings. The minimum atomic E-state index is -0.734. The fourth-order valence-electron chi connectivity index (χ4n) is 3.66. The maximum atomic E-state index is 14.0. The summed E-state index contributed by atoms with van der Waals surface area (Å²) in [6.07, 6.45) is 1.81. The summed E-state index contributed by atoms with van der Waals surface area (Å²) in [5.74, 6) is -0.282. The van der Waals surface area contributed by atoms with Crippen LogP contribution in [0, 0.1) is 25.5 Å². The number of ether oxygens (including phenoxy) is 1. The van der Waals surface area contributed by atoms with Crippen LogP contribution >= 0.6 is 15.9 Å². The maximum absolute atomic E-state index is 14.0. The second kappa shape index (κ2) is 9.89. The van der Waals surface area contributed by atoms with Crippen LogP contribution in [-0.2, 0) is 12.0 Å². The summed E-state index contributed by atoms with van der Waals surface area (Å²) >= 11 is 3.28. The highest BCUT2D eigenvalue weighted by Gasteiger charge is 2.20. The summed E-state index contributed by atoms with van der Waals surface area (Å²) in [4.78, 5) is 27.0. The minimum absolute atomic E-state index is 0.0232. The highest BCUT2D eigenvalue weighted by atomic mass is 79.9. The lowest BCUT2D eigenvalue weighted by Gasteiger charge is -2.18. The van der Waals surface area contributed by atoms with Gasteiger partial charge in [0.2, 0.25) is 5.88 Å². The molecule has 2 aromatic heterocycles. The average Bonchev–Trinajstić information content (AvgIpc) is 2.81. The second-order valence-electron chi connectivity index (χ2n) is 9.47. The second-order valence-corrected chi connectivity index (χ2v) is 10.3. The summed E-state index contributed by atoms with van der Waals surface area (Å²) in [6.45, 7) is 9.58. The molecule has 2 heterocycles. The molecule has 0 N–H and O–H groups in total. The lowest BCUT2D eigenvalue weighted by molar-refractivity contribution is 0.283. The van der Waals surface area contributed by atoms with Crippen LogP contribution in [0.15, 0.2) is 57.9 Å². The van der Waals surface area contributed by atoms with Crippen molar-refractivity contribution < 1.29 is 13.5 Å². The van der Waals surface area contributed by atoms with Gasteiger partial charge in [0.15, 0.2) is 0 Å². The van der Waals surface area contributed by atoms with E-state index >= 15 is 0 Å². The van der Waals surface area contributed by atoms with Crippen molar-refractivity contribution in [1.82, 2.24) is 19.5 Å². The molecule has 0 spiro atoms. The largest absolute Gasteiger partial charge is 0.472 e. The van der Waals surface area contributed by atoms with Crippen molar-refractivity contribution in [2.75, 3.05) is 0 Å². The third kappa shape index (κ3) is 5.21. The van der Waals surface area contributed by atoms with E-state index in [1.54, 1.807) is 13.1 Å². The molecular weight excluding hydrogens is 530 g/mol. The fraction of sp³-hybridized carbons (Fsp3) is 0.259. The lowest BCUT2D eigenvalue weighted by Crippen LogP contribution is -2.24. The van der Waals surface area contributed by atoms with Crippen molar-refractivity contribution in [1.29, 1.82) is 0 Å². The zero-order chi connectivity index (χ0) is 26.2. The molecule has 36 heavy (non-hydrogen) atoms. The Bertz CT molecular complexity index is 1510. The van der Waals surface area contributed by atoms with Crippen molar-refractivity contribution in [3.8, 4) is 22.8 Å². The van der Waals surface area contributed by atoms with Gasteiger partial charge in [-0.15, -0.1) is 0 Å². The van der Waals surface area contributed by atoms with Crippen molar-refractivity contribution in [2.45, 2.75) is 46.6 Å². The zero-order valence-electron chi connectivity index (χ0n) is 20.6. The Balaban J connectivity index is 1.70. The van der Waals surface area contributed by atoms with Crippen molar-refractivity contribution in [2.24, 2.45) is 0 Å². The molecule has 0 saturated carbocycles. The highest BCUT2D eigenvalue weighted by Crippen LogP contribution is 2.28. The van der Waals surface area contributed by atoms with Crippen molar-refractivity contribution in [3.05, 3.63) is 97.9 Å². The molecule has 186 valence electrons. The molecule has 4 aromatic rings. The van der Waals surface area contributed by atoms with Gasteiger partial charge in [0.05, 0.1) is 11.4 Å². The third-order valence-corrected chi connectivity index (χ3v) is 6.24. The Morgan fingerprint density at radius 1 is 1.06 bits per heavy atom. The predicted octanol–water partition coefficient (Wildman–Crippen LogP) is 6.22. The monoisotopic (exact) mass is 554 g/mol. The maximum Gasteiger partial charge on any atom is 0.276 e. The molecule has 0 aliphatic rings. The molecule has 4 rings (SSSR count). The Hall–Kier alpha value is -3.46. The molecule has 0 aliphatic carbocycles. The number of nitrogens with zero attached hydrogens (tertiary/aromatic N) is 4. The summed E-state index contributed by atoms with van der Waals surface area (Å²) in [5.41, 5.74) is 2.70. The molecule has 0 bridgehead atoms. The molecule has 0 unspecified atom stereocenters. The van der Waals surface area contributed by atoms with Crippen LogP contribution in [0.4, 0.5) is 8.78 Å². The van der Waals surface area contributed by atoms with Crippen molar-refractivity contribution >= 4 is 15.9 Å². The van der Waals surface area contributed by atoms with E-state index < -0.39 is 11.6 Å². The number of halogens is 3. The topological polar surface area (TPSA) is 69.9 Å². The number of rotatable bonds is 5. The van der Waals surface area contributed by atoms with Gasteiger partial charge in [0, 0.05) is 28.8 Å². The molecule has 0 atom stereocenters. The zero-order valence-corrected chi connectivity index (χ0v) is 22.2. The van der Waals surface area contributed by atoms with E-state index in [9.17, 15) is 13.6 Å². The lowest BCUT2D eigenvalue weighted by atomic mass is 9.95. The van der Waals surface area contributed by atoms with E-state index in [1.807, 2.05) is 31.2 Å². The van der Waals surface area contributed by atoms with Crippen LogP contribution in [-0.4, -0.2) is 19.5 Å². The predicted molar refractivity (Wildman–Crippen MR) is 137 cm³/mol. The fourth-order valence-corrected chi connectivity index (χ4v) is 4.04. The number of aromatic nitrogens is 4. The van der Waals surface area contributed by atoms with Gasteiger partial charge < -0.3 is 4.74 Å². The summed E-state index contributed by atoms with van der Waals surface area (Å²) in [7, 11) is 0. The molecule has 0 saturated heterocycles. The molecule has 0 amide bonds. The Kier molecular flexibility index (Phi) is 7.04. The van der Waals surface area contributed by atoms with Crippen molar-refractivity contribution in [3.63, 3.8) is 0 Å². The standard InChI is InChI=1S/C27H25BrF2N4O2/c1-15-13-31-26(27(3,4)5)33-23(15)17-7-6-8-20(11-17)34-16(2)32-24(22(28)25(34)35)36-14-18-9-10-19(29)12-21(18)30/h6-13H,14H2,1-5H3. The minimum Gasteiger partial charge on any atom is -0.472 e. The van der Waals surface area contributed by atoms with Crippen LogP contribution in [0.25, 0.3) is 16.9 Å². The molecular formula is C27H25BrF2N4O2. The van der Waals surface area contributed by atoms with Crippen LogP contribution in [0.5, 0.6) is 5.88 Å². The van der Waals surface area contributed by atoms with Crippen LogP contribution in [0.1, 0.15) is 43.5 Å². The summed E-state index contributed by atoms with van der Waals surface area (Å²) < 4.78 is 34.3. The van der Waals surface area contributed by atoms with E-state index in [4.69, 9.17) is 9.72 Å². The number of hydrogen-bond acceptors (Lipinski definition) is 5. The molecule has 0 radical (unpaired) electrons. The third-order valence-electron chi connectivity index (χ3n) is 5.57. The first-order chi connectivity index (χ1) is 17.0. The smallest absolute Gasteiger partial charge is 0.276 e. The highest BCUT2D eigenvalue weighted by molar-refractivity contribution is 9.10. The SMILES string of the molecule is Cc1cnc(C(C)(C)C)nc1-c1cccc(-n2c(C)nc(OCc3ccc(F)cc3F)c(Br)c2=O)c1. The van der Waals surface area contributed by atoms with E-state index in [0.29, 0.717) is 11.5 Å². The van der Waals surface area contributed by atoms with Gasteiger partial charge in [-0.25, -0.2) is 18.7 Å². The number of benzene rings is 2. The van der Waals surface area contributed by atoms with E-state index in [0.717, 1.165) is 34.8 Å². The molecule has 0 aliphatic heterocycles. The number of hydrogen-bond donors (Lipinski definition) is 0. The first kappa shape index (κ1) is 25.6. The quantitative estimate of drug-likeness (QED) is 0.292. The van der Waals surface area contributed by atoms with Gasteiger partial charge in [-0.2, -0.15) is 4.98 Å². The van der Waals surface area contributed by atoms with E-state index in [2.05, 4.69) is 46.7 Å². The first-order valence-corrected chi connectivity index (χ1v) is 12.1.